The zero-order valence-electron chi connectivity index (χ0n) is 15.0. The first kappa shape index (κ1) is 20.0. The van der Waals surface area contributed by atoms with Crippen molar-refractivity contribution >= 4 is 33.6 Å². The zero-order chi connectivity index (χ0) is 18.9. The van der Waals surface area contributed by atoms with Crippen molar-refractivity contribution in [2.75, 3.05) is 18.4 Å². The number of anilines is 1. The number of hydrogen-bond donors (Lipinski definition) is 3. The van der Waals surface area contributed by atoms with E-state index in [4.69, 9.17) is 0 Å². The minimum absolute atomic E-state index is 0.0799. The number of carbonyl (C=O) groups is 2. The highest BCUT2D eigenvalue weighted by Crippen LogP contribution is 2.20. The molecule has 0 aliphatic rings. The Morgan fingerprint density at radius 1 is 1.08 bits per heavy atom. The van der Waals surface area contributed by atoms with E-state index in [-0.39, 0.29) is 24.4 Å². The smallest absolute Gasteiger partial charge is 0.315 e. The molecule has 0 saturated heterocycles. The number of aryl methyl sites for hydroxylation is 1. The summed E-state index contributed by atoms with van der Waals surface area (Å²) in [6.45, 7) is 4.45. The second-order valence-corrected chi connectivity index (χ2v) is 7.00. The molecule has 0 aromatic heterocycles. The Hall–Kier alpha value is -2.34. The highest BCUT2D eigenvalue weighted by Gasteiger charge is 2.11. The van der Waals surface area contributed by atoms with Crippen molar-refractivity contribution in [3.05, 3.63) is 64.1 Å². The largest absolute Gasteiger partial charge is 0.338 e. The van der Waals surface area contributed by atoms with E-state index >= 15 is 0 Å². The lowest BCUT2D eigenvalue weighted by atomic mass is 9.97. The Balaban J connectivity index is 1.76. The molecule has 0 spiro atoms. The van der Waals surface area contributed by atoms with E-state index < -0.39 is 0 Å². The van der Waals surface area contributed by atoms with Crippen molar-refractivity contribution in [2.24, 2.45) is 0 Å². The van der Waals surface area contributed by atoms with Gasteiger partial charge in [0.05, 0.1) is 6.54 Å². The van der Waals surface area contributed by atoms with Gasteiger partial charge in [-0.2, -0.15) is 0 Å². The van der Waals surface area contributed by atoms with Gasteiger partial charge in [-0.15, -0.1) is 0 Å². The lowest BCUT2D eigenvalue weighted by molar-refractivity contribution is -0.115. The topological polar surface area (TPSA) is 70.2 Å². The number of nitrogens with one attached hydrogen (secondary N) is 3. The van der Waals surface area contributed by atoms with Gasteiger partial charge < -0.3 is 16.0 Å². The maximum Gasteiger partial charge on any atom is 0.315 e. The Morgan fingerprint density at radius 3 is 2.46 bits per heavy atom. The van der Waals surface area contributed by atoms with Gasteiger partial charge in [-0.25, -0.2) is 4.79 Å². The summed E-state index contributed by atoms with van der Waals surface area (Å²) >= 11 is 3.39. The maximum atomic E-state index is 12.0. The Kier molecular flexibility index (Phi) is 7.66. The molecular formula is C20H24BrN3O2. The molecule has 138 valence electrons. The van der Waals surface area contributed by atoms with Crippen LogP contribution in [0.2, 0.25) is 0 Å². The number of halogens is 1. The van der Waals surface area contributed by atoms with Crippen molar-refractivity contribution in [1.29, 1.82) is 0 Å². The lowest BCUT2D eigenvalue weighted by Crippen LogP contribution is -2.41. The monoisotopic (exact) mass is 417 g/mol. The molecule has 0 saturated carbocycles. The van der Waals surface area contributed by atoms with E-state index in [0.717, 1.165) is 22.1 Å². The molecule has 26 heavy (non-hydrogen) atoms. The van der Waals surface area contributed by atoms with Crippen LogP contribution < -0.4 is 16.0 Å². The normalized spacial score (nSPS) is 11.5. The van der Waals surface area contributed by atoms with Gasteiger partial charge >= 0.3 is 6.03 Å². The third-order valence-electron chi connectivity index (χ3n) is 4.14. The molecule has 2 rings (SSSR count). The predicted molar refractivity (Wildman–Crippen MR) is 108 cm³/mol. The summed E-state index contributed by atoms with van der Waals surface area (Å²) in [5.41, 5.74) is 2.88. The van der Waals surface area contributed by atoms with Gasteiger partial charge in [-0.1, -0.05) is 53.2 Å². The molecule has 0 bridgehead atoms. The molecule has 2 aromatic carbocycles. The first-order valence-corrected chi connectivity index (χ1v) is 9.41. The Labute approximate surface area is 162 Å². The van der Waals surface area contributed by atoms with Crippen LogP contribution in [0.3, 0.4) is 0 Å². The van der Waals surface area contributed by atoms with E-state index in [2.05, 4.69) is 50.9 Å². The van der Waals surface area contributed by atoms with Crippen molar-refractivity contribution < 1.29 is 9.59 Å². The Morgan fingerprint density at radius 2 is 1.81 bits per heavy atom. The lowest BCUT2D eigenvalue weighted by Gasteiger charge is -2.16. The predicted octanol–water partition coefficient (Wildman–Crippen LogP) is 4.19. The minimum Gasteiger partial charge on any atom is -0.338 e. The molecule has 5 nitrogen and oxygen atoms in total. The number of carbonyl (C=O) groups excluding carboxylic acids is 2. The number of hydrogen-bond acceptors (Lipinski definition) is 2. The van der Waals surface area contributed by atoms with Gasteiger partial charge in [0.15, 0.2) is 0 Å². The van der Waals surface area contributed by atoms with E-state index in [0.29, 0.717) is 6.54 Å². The van der Waals surface area contributed by atoms with E-state index in [1.165, 1.54) is 5.56 Å². The van der Waals surface area contributed by atoms with Gasteiger partial charge in [0.2, 0.25) is 5.91 Å². The van der Waals surface area contributed by atoms with Gasteiger partial charge in [-0.3, -0.25) is 4.79 Å². The summed E-state index contributed by atoms with van der Waals surface area (Å²) in [5, 5.41) is 8.22. The first-order chi connectivity index (χ1) is 12.5. The van der Waals surface area contributed by atoms with Crippen molar-refractivity contribution in [3.63, 3.8) is 0 Å². The van der Waals surface area contributed by atoms with Crippen LogP contribution in [0.4, 0.5) is 10.5 Å². The molecule has 2 aromatic rings. The van der Waals surface area contributed by atoms with Gasteiger partial charge in [0.1, 0.15) is 0 Å². The van der Waals surface area contributed by atoms with Crippen LogP contribution in [0, 0.1) is 6.92 Å². The molecule has 1 atom stereocenters. The van der Waals surface area contributed by atoms with Crippen LogP contribution in [0.1, 0.15) is 30.4 Å². The number of rotatable bonds is 7. The molecule has 6 heteroatoms. The first-order valence-electron chi connectivity index (χ1n) is 8.62. The highest BCUT2D eigenvalue weighted by atomic mass is 79.9. The SMILES string of the molecule is CC[C@H](CNC(=O)NCC(=O)Nc1ccc(Br)cc1C)c1ccccc1. The second kappa shape index (κ2) is 9.97. The molecule has 0 aliphatic heterocycles. The van der Waals surface area contributed by atoms with Crippen molar-refractivity contribution in [2.45, 2.75) is 26.2 Å². The highest BCUT2D eigenvalue weighted by molar-refractivity contribution is 9.10. The molecule has 0 aliphatic carbocycles. The molecule has 3 amide bonds. The van der Waals surface area contributed by atoms with E-state index in [9.17, 15) is 9.59 Å². The summed E-state index contributed by atoms with van der Waals surface area (Å²) < 4.78 is 0.953. The van der Waals surface area contributed by atoms with Crippen LogP contribution in [-0.2, 0) is 4.79 Å². The summed E-state index contributed by atoms with van der Waals surface area (Å²) in [6.07, 6.45) is 0.924. The quantitative estimate of drug-likeness (QED) is 0.631. The van der Waals surface area contributed by atoms with Crippen LogP contribution >= 0.6 is 15.9 Å². The fourth-order valence-corrected chi connectivity index (χ4v) is 3.10. The number of benzene rings is 2. The molecule has 0 heterocycles. The molecule has 0 unspecified atom stereocenters. The Bertz CT molecular complexity index is 750. The minimum atomic E-state index is -0.345. The fourth-order valence-electron chi connectivity index (χ4n) is 2.62. The van der Waals surface area contributed by atoms with Crippen LogP contribution in [0.25, 0.3) is 0 Å². The van der Waals surface area contributed by atoms with Crippen LogP contribution in [-0.4, -0.2) is 25.0 Å². The standard InChI is InChI=1S/C20H24BrN3O2/c1-3-15(16-7-5-4-6-8-16)12-22-20(26)23-13-19(25)24-18-10-9-17(21)11-14(18)2/h4-11,15H,3,12-13H2,1-2H3,(H,24,25)(H2,22,23,26)/t15-/m1/s1. The molecular weight excluding hydrogens is 394 g/mol. The summed E-state index contributed by atoms with van der Waals surface area (Å²) in [7, 11) is 0. The number of urea groups is 1. The third kappa shape index (κ3) is 6.19. The molecule has 0 radical (unpaired) electrons. The van der Waals surface area contributed by atoms with Crippen LogP contribution in [0.15, 0.2) is 53.0 Å². The zero-order valence-corrected chi connectivity index (χ0v) is 16.6. The van der Waals surface area contributed by atoms with Crippen LogP contribution in [0.5, 0.6) is 0 Å². The van der Waals surface area contributed by atoms with E-state index in [1.54, 1.807) is 0 Å². The van der Waals surface area contributed by atoms with Gasteiger partial charge in [0.25, 0.3) is 0 Å². The third-order valence-corrected chi connectivity index (χ3v) is 4.64. The van der Waals surface area contributed by atoms with Gasteiger partial charge in [0, 0.05) is 22.6 Å². The second-order valence-electron chi connectivity index (χ2n) is 6.09. The van der Waals surface area contributed by atoms with Crippen molar-refractivity contribution in [3.8, 4) is 0 Å². The average Bonchev–Trinajstić information content (AvgIpc) is 2.64. The fraction of sp³-hybridized carbons (Fsp3) is 0.300. The van der Waals surface area contributed by atoms with Gasteiger partial charge in [-0.05, 0) is 42.7 Å². The van der Waals surface area contributed by atoms with Crippen molar-refractivity contribution in [1.82, 2.24) is 10.6 Å². The molecule has 0 fully saturated rings. The maximum absolute atomic E-state index is 12.0. The average molecular weight is 418 g/mol. The van der Waals surface area contributed by atoms with E-state index in [1.807, 2.05) is 43.3 Å². The summed E-state index contributed by atoms with van der Waals surface area (Å²) in [6, 6.07) is 15.3. The number of amides is 3. The summed E-state index contributed by atoms with van der Waals surface area (Å²) in [5.74, 6) is -0.0122. The summed E-state index contributed by atoms with van der Waals surface area (Å²) in [4.78, 5) is 24.0. The molecule has 3 N–H and O–H groups in total.